The highest BCUT2D eigenvalue weighted by molar-refractivity contribution is 7.89. The monoisotopic (exact) mass is 634 g/mol. The second-order valence-electron chi connectivity index (χ2n) is 9.90. The van der Waals surface area contributed by atoms with E-state index in [1.165, 1.54) is 28.9 Å². The molecule has 1 aromatic carbocycles. The Morgan fingerprint density at radius 1 is 1.14 bits per heavy atom. The summed E-state index contributed by atoms with van der Waals surface area (Å²) in [4.78, 5) is 54.1. The van der Waals surface area contributed by atoms with Crippen molar-refractivity contribution >= 4 is 57.1 Å². The Labute approximate surface area is 256 Å². The smallest absolute Gasteiger partial charge is 0.349 e. The lowest BCUT2D eigenvalue weighted by molar-refractivity contribution is -0.123. The number of urea groups is 1. The Morgan fingerprint density at radius 3 is 2.45 bits per heavy atom. The summed E-state index contributed by atoms with van der Waals surface area (Å²) in [5.74, 6) is -1.85. The molecule has 2 saturated heterocycles. The number of anilines is 1. The van der Waals surface area contributed by atoms with Crippen molar-refractivity contribution in [1.82, 2.24) is 19.9 Å². The Bertz CT molecular complexity index is 1780. The lowest BCUT2D eigenvalue weighted by atomic mass is 10.0. The molecule has 13 nitrogen and oxygen atoms in total. The minimum atomic E-state index is -4.18. The van der Waals surface area contributed by atoms with E-state index in [0.29, 0.717) is 48.4 Å². The van der Waals surface area contributed by atoms with Crippen LogP contribution in [0.4, 0.5) is 10.6 Å². The fourth-order valence-corrected chi connectivity index (χ4v) is 8.04. The first kappa shape index (κ1) is 30.5. The average molecular weight is 635 g/mol. The number of benzene rings is 1. The van der Waals surface area contributed by atoms with Crippen molar-refractivity contribution in [2.75, 3.05) is 25.1 Å². The third-order valence-electron chi connectivity index (χ3n) is 7.24. The molecule has 0 saturated carbocycles. The summed E-state index contributed by atoms with van der Waals surface area (Å²) in [5, 5.41) is 15.1. The first-order valence-corrected chi connectivity index (χ1v) is 15.7. The molecule has 4 heterocycles. The van der Waals surface area contributed by atoms with Gasteiger partial charge in [0.05, 0.1) is 12.7 Å². The third-order valence-corrected chi connectivity index (χ3v) is 10.2. The van der Waals surface area contributed by atoms with Gasteiger partial charge in [0.1, 0.15) is 27.2 Å². The maximum atomic E-state index is 14.1. The van der Waals surface area contributed by atoms with E-state index in [-0.39, 0.29) is 21.9 Å². The Balaban J connectivity index is 1.42. The van der Waals surface area contributed by atoms with Crippen LogP contribution < -0.4 is 15.5 Å². The fraction of sp³-hybridized carbons (Fsp3) is 0.241. The minimum Gasteiger partial charge on any atom is -0.465 e. The number of amides is 4. The second kappa shape index (κ2) is 12.8. The van der Waals surface area contributed by atoms with Gasteiger partial charge in [-0.25, -0.2) is 23.0 Å². The third kappa shape index (κ3) is 6.23. The van der Waals surface area contributed by atoms with E-state index in [1.807, 2.05) is 15.5 Å². The van der Waals surface area contributed by atoms with Gasteiger partial charge in [0, 0.05) is 31.9 Å². The molecule has 44 heavy (non-hydrogen) atoms. The zero-order valence-corrected chi connectivity index (χ0v) is 25.0. The summed E-state index contributed by atoms with van der Waals surface area (Å²) in [6, 6.07) is 12.2. The van der Waals surface area contributed by atoms with Crippen molar-refractivity contribution in [3.8, 4) is 6.07 Å². The molecule has 0 atom stereocenters. The number of hydrogen-bond donors (Lipinski definition) is 2. The van der Waals surface area contributed by atoms with E-state index in [0.717, 1.165) is 11.3 Å². The maximum Gasteiger partial charge on any atom is 0.349 e. The lowest BCUT2D eigenvalue weighted by Gasteiger charge is -2.38. The number of ether oxygens (including phenoxy) is 1. The fourth-order valence-electron chi connectivity index (χ4n) is 5.05. The molecule has 0 spiro atoms. The number of pyridine rings is 1. The number of sulfonamides is 1. The van der Waals surface area contributed by atoms with E-state index in [1.54, 1.807) is 42.6 Å². The molecule has 2 aromatic heterocycles. The number of hydrogen-bond acceptors (Lipinski definition) is 11. The number of rotatable bonds is 8. The summed E-state index contributed by atoms with van der Waals surface area (Å²) in [6.45, 7) is 0.882. The van der Waals surface area contributed by atoms with Gasteiger partial charge in [-0.1, -0.05) is 24.3 Å². The second-order valence-corrected chi connectivity index (χ2v) is 12.7. The van der Waals surface area contributed by atoms with Crippen molar-refractivity contribution in [2.24, 2.45) is 0 Å². The van der Waals surface area contributed by atoms with Gasteiger partial charge in [-0.15, -0.1) is 11.3 Å². The highest BCUT2D eigenvalue weighted by atomic mass is 32.2. The summed E-state index contributed by atoms with van der Waals surface area (Å²) >= 11 is 0.980. The van der Waals surface area contributed by atoms with Crippen molar-refractivity contribution in [2.45, 2.75) is 30.3 Å². The molecule has 226 valence electrons. The quantitative estimate of drug-likeness (QED) is 0.212. The average Bonchev–Trinajstić information content (AvgIpc) is 3.53. The van der Waals surface area contributed by atoms with Crippen LogP contribution in [0.15, 0.2) is 64.5 Å². The van der Waals surface area contributed by atoms with Crippen LogP contribution in [-0.2, 0) is 30.9 Å². The van der Waals surface area contributed by atoms with E-state index in [2.05, 4.69) is 11.1 Å². The van der Waals surface area contributed by atoms with Gasteiger partial charge >= 0.3 is 12.0 Å². The SMILES string of the molecule is COC(=O)c1sccc1S(=O)(=O)N(Cc1ccc(C=C2C(=O)NC(=O)NC2=O)cc1)C1CCN(c2ncccc2C#N)CC1. The molecule has 0 radical (unpaired) electrons. The molecule has 2 N–H and O–H groups in total. The van der Waals surface area contributed by atoms with Crippen LogP contribution in [0.2, 0.25) is 0 Å². The molecule has 2 fully saturated rings. The molecule has 0 bridgehead atoms. The summed E-state index contributed by atoms with van der Waals surface area (Å²) in [6.07, 6.45) is 3.80. The topological polar surface area (TPSA) is 179 Å². The molecule has 0 unspecified atom stereocenters. The van der Waals surface area contributed by atoms with E-state index in [9.17, 15) is 32.9 Å². The number of carbonyl (C=O) groups is 4. The van der Waals surface area contributed by atoms with Gasteiger partial charge in [0.25, 0.3) is 11.8 Å². The molecule has 4 amide bonds. The summed E-state index contributed by atoms with van der Waals surface area (Å²) < 4.78 is 34.5. The minimum absolute atomic E-state index is 0.0217. The number of aromatic nitrogens is 1. The van der Waals surface area contributed by atoms with Gasteiger partial charge in [-0.05, 0) is 53.6 Å². The van der Waals surface area contributed by atoms with Gasteiger partial charge in [-0.3, -0.25) is 20.2 Å². The number of thiophene rings is 1. The van der Waals surface area contributed by atoms with Crippen LogP contribution in [0.3, 0.4) is 0 Å². The highest BCUT2D eigenvalue weighted by Crippen LogP contribution is 2.32. The van der Waals surface area contributed by atoms with Crippen LogP contribution in [0.25, 0.3) is 6.08 Å². The van der Waals surface area contributed by atoms with Gasteiger partial charge in [-0.2, -0.15) is 9.57 Å². The van der Waals surface area contributed by atoms with E-state index >= 15 is 0 Å². The zero-order valence-electron chi connectivity index (χ0n) is 23.3. The van der Waals surface area contributed by atoms with Crippen LogP contribution in [-0.4, -0.2) is 67.8 Å². The number of methoxy groups -OCH3 is 1. The summed E-state index contributed by atoms with van der Waals surface area (Å²) in [5.41, 5.74) is 1.30. The van der Waals surface area contributed by atoms with E-state index < -0.39 is 39.9 Å². The predicted octanol–water partition coefficient (Wildman–Crippen LogP) is 2.41. The number of nitrogens with one attached hydrogen (secondary N) is 2. The number of esters is 1. The zero-order chi connectivity index (χ0) is 31.4. The summed E-state index contributed by atoms with van der Waals surface area (Å²) in [7, 11) is -2.99. The number of barbiturate groups is 1. The van der Waals surface area contributed by atoms with Crippen molar-refractivity contribution in [3.05, 3.63) is 81.2 Å². The number of imide groups is 2. The molecule has 15 heteroatoms. The normalized spacial score (nSPS) is 15.9. The van der Waals surface area contributed by atoms with Crippen LogP contribution in [0.5, 0.6) is 0 Å². The Morgan fingerprint density at radius 2 is 1.82 bits per heavy atom. The number of nitriles is 1. The molecule has 3 aromatic rings. The Hall–Kier alpha value is -4.91. The Kier molecular flexibility index (Phi) is 8.86. The van der Waals surface area contributed by atoms with Crippen molar-refractivity contribution < 1.29 is 32.3 Å². The molecular weight excluding hydrogens is 608 g/mol. The molecule has 2 aliphatic heterocycles. The lowest BCUT2D eigenvalue weighted by Crippen LogP contribution is -2.51. The van der Waals surface area contributed by atoms with Gasteiger partial charge in [0.15, 0.2) is 0 Å². The predicted molar refractivity (Wildman–Crippen MR) is 159 cm³/mol. The molecule has 5 rings (SSSR count). The number of carbonyl (C=O) groups excluding carboxylic acids is 4. The van der Waals surface area contributed by atoms with Gasteiger partial charge in [0.2, 0.25) is 10.0 Å². The first-order valence-electron chi connectivity index (χ1n) is 13.4. The van der Waals surface area contributed by atoms with E-state index in [4.69, 9.17) is 4.74 Å². The number of piperidine rings is 1. The maximum absolute atomic E-state index is 14.1. The first-order chi connectivity index (χ1) is 21.1. The van der Waals surface area contributed by atoms with Crippen molar-refractivity contribution in [3.63, 3.8) is 0 Å². The van der Waals surface area contributed by atoms with Crippen LogP contribution in [0, 0.1) is 11.3 Å². The largest absolute Gasteiger partial charge is 0.465 e. The standard InChI is InChI=1S/C29H26N6O7S2/c1-42-28(38)24-23(10-14-43-24)44(40,41)35(21-8-12-34(13-9-21)25-20(16-30)3-2-11-31-25)17-19-6-4-18(5-7-19)15-22-26(36)32-29(39)33-27(22)37/h2-7,10-11,14-15,21H,8-9,12-13,17H2,1H3,(H2,32,33,36,37,39). The van der Waals surface area contributed by atoms with Gasteiger partial charge < -0.3 is 9.64 Å². The highest BCUT2D eigenvalue weighted by Gasteiger charge is 2.37. The van der Waals surface area contributed by atoms with Crippen LogP contribution in [0.1, 0.15) is 39.2 Å². The van der Waals surface area contributed by atoms with Crippen LogP contribution >= 0.6 is 11.3 Å². The van der Waals surface area contributed by atoms with Crippen molar-refractivity contribution in [1.29, 1.82) is 5.26 Å². The molecule has 0 aliphatic carbocycles. The number of nitrogens with zero attached hydrogens (tertiary/aromatic N) is 4. The molecule has 2 aliphatic rings. The molecular formula is C29H26N6O7S2.